The average Bonchev–Trinajstić information content (AvgIpc) is 3.19. The zero-order chi connectivity index (χ0) is 16.9. The van der Waals surface area contributed by atoms with Crippen LogP contribution in [0.5, 0.6) is 5.75 Å². The van der Waals surface area contributed by atoms with E-state index in [2.05, 4.69) is 20.9 Å². The van der Waals surface area contributed by atoms with E-state index in [4.69, 9.17) is 9.15 Å². The second-order valence-electron chi connectivity index (χ2n) is 5.13. The van der Waals surface area contributed by atoms with E-state index in [-0.39, 0.29) is 5.78 Å². The highest BCUT2D eigenvalue weighted by molar-refractivity contribution is 9.10. The van der Waals surface area contributed by atoms with Gasteiger partial charge < -0.3 is 13.7 Å². The summed E-state index contributed by atoms with van der Waals surface area (Å²) < 4.78 is 13.6. The third-order valence-corrected chi connectivity index (χ3v) is 3.83. The Hall–Kier alpha value is -2.60. The van der Waals surface area contributed by atoms with E-state index in [9.17, 15) is 4.79 Å². The first-order valence-corrected chi connectivity index (χ1v) is 8.06. The lowest BCUT2D eigenvalue weighted by Gasteiger charge is -2.06. The smallest absolute Gasteiger partial charge is 0.185 e. The van der Waals surface area contributed by atoms with Gasteiger partial charge in [0.05, 0.1) is 4.47 Å². The molecule has 1 aromatic carbocycles. The minimum Gasteiger partial charge on any atom is -0.486 e. The SMILES string of the molecule is Cn1ccnc1COc1ccc(C(=O)C=Cc2cc(Br)co2)cc1. The fourth-order valence-corrected chi connectivity index (χ4v) is 2.39. The minimum atomic E-state index is -0.0989. The van der Waals surface area contributed by atoms with Gasteiger partial charge in [-0.3, -0.25) is 4.79 Å². The molecule has 0 spiro atoms. The molecule has 0 aliphatic carbocycles. The average molecular weight is 387 g/mol. The Balaban J connectivity index is 1.60. The highest BCUT2D eigenvalue weighted by Crippen LogP contribution is 2.17. The summed E-state index contributed by atoms with van der Waals surface area (Å²) in [5.41, 5.74) is 0.584. The van der Waals surface area contributed by atoms with Crippen LogP contribution in [-0.4, -0.2) is 15.3 Å². The Morgan fingerprint density at radius 1 is 1.38 bits per heavy atom. The third kappa shape index (κ3) is 4.02. The van der Waals surface area contributed by atoms with Crippen molar-refractivity contribution >= 4 is 27.8 Å². The summed E-state index contributed by atoms with van der Waals surface area (Å²) in [6.07, 6.45) is 8.28. The Labute approximate surface area is 147 Å². The predicted octanol–water partition coefficient (Wildman–Crippen LogP) is 4.25. The first kappa shape index (κ1) is 16.3. The number of halogens is 1. The lowest BCUT2D eigenvalue weighted by molar-refractivity contribution is 0.104. The van der Waals surface area contributed by atoms with E-state index in [1.807, 2.05) is 17.8 Å². The zero-order valence-electron chi connectivity index (χ0n) is 13.0. The van der Waals surface area contributed by atoms with Gasteiger partial charge in [0, 0.05) is 25.0 Å². The zero-order valence-corrected chi connectivity index (χ0v) is 14.6. The van der Waals surface area contributed by atoms with Gasteiger partial charge in [0.15, 0.2) is 5.78 Å². The molecular formula is C18H15BrN2O3. The maximum Gasteiger partial charge on any atom is 0.185 e. The molecule has 0 fully saturated rings. The van der Waals surface area contributed by atoms with Crippen LogP contribution in [0.3, 0.4) is 0 Å². The lowest BCUT2D eigenvalue weighted by atomic mass is 10.1. The van der Waals surface area contributed by atoms with Gasteiger partial charge in [0.25, 0.3) is 0 Å². The number of aryl methyl sites for hydroxylation is 1. The quantitative estimate of drug-likeness (QED) is 0.469. The molecule has 0 radical (unpaired) electrons. The molecule has 0 saturated heterocycles. The normalized spacial score (nSPS) is 11.1. The lowest BCUT2D eigenvalue weighted by Crippen LogP contribution is -2.03. The Morgan fingerprint density at radius 3 is 2.79 bits per heavy atom. The van der Waals surface area contributed by atoms with Gasteiger partial charge >= 0.3 is 0 Å². The van der Waals surface area contributed by atoms with Crippen LogP contribution in [0.2, 0.25) is 0 Å². The summed E-state index contributed by atoms with van der Waals surface area (Å²) in [6.45, 7) is 0.379. The number of furan rings is 1. The molecule has 0 amide bonds. The summed E-state index contributed by atoms with van der Waals surface area (Å²) >= 11 is 3.29. The standard InChI is InChI=1S/C18H15BrN2O3/c1-21-9-8-20-18(21)12-24-15-4-2-13(3-5-15)17(22)7-6-16-10-14(19)11-23-16/h2-11H,12H2,1H3. The minimum absolute atomic E-state index is 0.0989. The van der Waals surface area contributed by atoms with Crippen molar-refractivity contribution in [3.05, 3.63) is 76.7 Å². The van der Waals surface area contributed by atoms with Crippen molar-refractivity contribution in [1.29, 1.82) is 0 Å². The summed E-state index contributed by atoms with van der Waals surface area (Å²) in [6, 6.07) is 8.80. The molecule has 0 unspecified atom stereocenters. The van der Waals surface area contributed by atoms with Gasteiger partial charge in [-0.25, -0.2) is 4.98 Å². The van der Waals surface area contributed by atoms with Crippen molar-refractivity contribution in [2.45, 2.75) is 6.61 Å². The topological polar surface area (TPSA) is 57.3 Å². The molecular weight excluding hydrogens is 372 g/mol. The molecule has 2 heterocycles. The molecule has 6 heteroatoms. The van der Waals surface area contributed by atoms with Crippen molar-refractivity contribution in [3.8, 4) is 5.75 Å². The molecule has 24 heavy (non-hydrogen) atoms. The van der Waals surface area contributed by atoms with E-state index < -0.39 is 0 Å². The van der Waals surface area contributed by atoms with Gasteiger partial charge in [-0.2, -0.15) is 0 Å². The van der Waals surface area contributed by atoms with Crippen molar-refractivity contribution in [2.75, 3.05) is 0 Å². The van der Waals surface area contributed by atoms with Gasteiger partial charge in [-0.1, -0.05) is 0 Å². The van der Waals surface area contributed by atoms with Crippen LogP contribution in [0.1, 0.15) is 21.9 Å². The van der Waals surface area contributed by atoms with Crippen molar-refractivity contribution in [3.63, 3.8) is 0 Å². The van der Waals surface area contributed by atoms with Crippen LogP contribution in [0, 0.1) is 0 Å². The Bertz CT molecular complexity index is 863. The number of allylic oxidation sites excluding steroid dienone is 1. The number of aromatic nitrogens is 2. The predicted molar refractivity (Wildman–Crippen MR) is 93.8 cm³/mol. The molecule has 0 bridgehead atoms. The molecule has 3 rings (SSSR count). The molecule has 0 aliphatic rings. The summed E-state index contributed by atoms with van der Waals surface area (Å²) in [4.78, 5) is 16.3. The van der Waals surface area contributed by atoms with E-state index in [1.54, 1.807) is 48.9 Å². The van der Waals surface area contributed by atoms with Crippen LogP contribution in [-0.2, 0) is 13.7 Å². The summed E-state index contributed by atoms with van der Waals surface area (Å²) in [7, 11) is 1.91. The molecule has 0 saturated carbocycles. The summed E-state index contributed by atoms with van der Waals surface area (Å²) in [5.74, 6) is 2.04. The van der Waals surface area contributed by atoms with Crippen molar-refractivity contribution in [2.24, 2.45) is 7.05 Å². The van der Waals surface area contributed by atoms with Crippen LogP contribution in [0.15, 0.2) is 64.0 Å². The molecule has 122 valence electrons. The van der Waals surface area contributed by atoms with Crippen molar-refractivity contribution in [1.82, 2.24) is 9.55 Å². The monoisotopic (exact) mass is 386 g/mol. The number of nitrogens with zero attached hydrogens (tertiary/aromatic N) is 2. The third-order valence-electron chi connectivity index (χ3n) is 3.41. The Kier molecular flexibility index (Phi) is 4.96. The molecule has 0 aliphatic heterocycles. The number of carbonyl (C=O) groups excluding carboxylic acids is 1. The molecule has 5 nitrogen and oxygen atoms in total. The number of benzene rings is 1. The first-order valence-electron chi connectivity index (χ1n) is 7.27. The van der Waals surface area contributed by atoms with Crippen LogP contribution in [0.25, 0.3) is 6.08 Å². The van der Waals surface area contributed by atoms with Crippen LogP contribution < -0.4 is 4.74 Å². The first-order chi connectivity index (χ1) is 11.6. The molecule has 2 aromatic heterocycles. The van der Waals surface area contributed by atoms with E-state index >= 15 is 0 Å². The van der Waals surface area contributed by atoms with Crippen molar-refractivity contribution < 1.29 is 13.9 Å². The number of carbonyl (C=O) groups is 1. The fraction of sp³-hybridized carbons (Fsp3) is 0.111. The van der Waals surface area contributed by atoms with Crippen LogP contribution in [0.4, 0.5) is 0 Å². The second-order valence-corrected chi connectivity index (χ2v) is 6.05. The molecule has 0 N–H and O–H groups in total. The molecule has 3 aromatic rings. The number of imidazole rings is 1. The number of hydrogen-bond acceptors (Lipinski definition) is 4. The van der Waals surface area contributed by atoms with Gasteiger partial charge in [-0.15, -0.1) is 0 Å². The van der Waals surface area contributed by atoms with E-state index in [0.29, 0.717) is 23.7 Å². The number of rotatable bonds is 6. The number of hydrogen-bond donors (Lipinski definition) is 0. The van der Waals surface area contributed by atoms with Crippen LogP contribution >= 0.6 is 15.9 Å². The number of ether oxygens (including phenoxy) is 1. The van der Waals surface area contributed by atoms with Gasteiger partial charge in [0.2, 0.25) is 0 Å². The fourth-order valence-electron chi connectivity index (χ4n) is 2.07. The highest BCUT2D eigenvalue weighted by Gasteiger charge is 2.05. The molecule has 0 atom stereocenters. The Morgan fingerprint density at radius 2 is 2.17 bits per heavy atom. The van der Waals surface area contributed by atoms with Gasteiger partial charge in [-0.05, 0) is 58.4 Å². The van der Waals surface area contributed by atoms with Gasteiger partial charge in [0.1, 0.15) is 30.2 Å². The second kappa shape index (κ2) is 7.31. The largest absolute Gasteiger partial charge is 0.486 e. The van der Waals surface area contributed by atoms with E-state index in [0.717, 1.165) is 10.3 Å². The maximum absolute atomic E-state index is 12.1. The summed E-state index contributed by atoms with van der Waals surface area (Å²) in [5, 5.41) is 0. The number of ketones is 1. The maximum atomic E-state index is 12.1. The highest BCUT2D eigenvalue weighted by atomic mass is 79.9. The van der Waals surface area contributed by atoms with E-state index in [1.165, 1.54) is 6.08 Å².